The summed E-state index contributed by atoms with van der Waals surface area (Å²) in [6.07, 6.45) is 0.221. The zero-order valence-corrected chi connectivity index (χ0v) is 15.1. The van der Waals surface area contributed by atoms with Crippen LogP contribution < -0.4 is 9.47 Å². The molecule has 1 amide bonds. The Balaban J connectivity index is 2.16. The van der Waals surface area contributed by atoms with Crippen molar-refractivity contribution in [3.8, 4) is 11.5 Å². The Morgan fingerprint density at radius 1 is 1.16 bits per heavy atom. The van der Waals surface area contributed by atoms with Crippen LogP contribution in [0.4, 0.5) is 0 Å². The molecule has 0 aliphatic carbocycles. The lowest BCUT2D eigenvalue weighted by Gasteiger charge is -2.23. The molecule has 0 spiro atoms. The summed E-state index contributed by atoms with van der Waals surface area (Å²) in [5, 5.41) is 9.91. The molecule has 0 heterocycles. The molecule has 0 aromatic heterocycles. The smallest absolute Gasteiger partial charge is 0.227 e. The molecule has 2 aromatic carbocycles. The molecule has 0 bridgehead atoms. The third-order valence-electron chi connectivity index (χ3n) is 3.82. The van der Waals surface area contributed by atoms with Crippen LogP contribution in [0.1, 0.15) is 11.1 Å². The fourth-order valence-electron chi connectivity index (χ4n) is 2.53. The first-order valence-corrected chi connectivity index (χ1v) is 8.29. The topological polar surface area (TPSA) is 59.0 Å². The van der Waals surface area contributed by atoms with E-state index < -0.39 is 0 Å². The summed E-state index contributed by atoms with van der Waals surface area (Å²) in [6.45, 7) is 0.474. The molecule has 25 heavy (non-hydrogen) atoms. The highest BCUT2D eigenvalue weighted by molar-refractivity contribution is 6.30. The SMILES string of the molecule is COc1ccc(CN(CCO)C(=O)Cc2cccc(Cl)c2)c(OC)c1. The third-order valence-corrected chi connectivity index (χ3v) is 4.06. The lowest BCUT2D eigenvalue weighted by Crippen LogP contribution is -2.34. The molecule has 5 nitrogen and oxygen atoms in total. The largest absolute Gasteiger partial charge is 0.497 e. The normalized spacial score (nSPS) is 10.4. The number of amides is 1. The number of halogens is 1. The van der Waals surface area contributed by atoms with Crippen molar-refractivity contribution in [2.45, 2.75) is 13.0 Å². The zero-order chi connectivity index (χ0) is 18.2. The molecule has 2 rings (SSSR count). The lowest BCUT2D eigenvalue weighted by atomic mass is 10.1. The summed E-state index contributed by atoms with van der Waals surface area (Å²) >= 11 is 5.97. The molecule has 0 radical (unpaired) electrons. The quantitative estimate of drug-likeness (QED) is 0.783. The van der Waals surface area contributed by atoms with Crippen molar-refractivity contribution >= 4 is 17.5 Å². The van der Waals surface area contributed by atoms with E-state index in [0.29, 0.717) is 23.1 Å². The van der Waals surface area contributed by atoms with Gasteiger partial charge in [-0.05, 0) is 29.8 Å². The van der Waals surface area contributed by atoms with Gasteiger partial charge in [0.25, 0.3) is 0 Å². The van der Waals surface area contributed by atoms with E-state index in [0.717, 1.165) is 11.1 Å². The van der Waals surface area contributed by atoms with Crippen LogP contribution in [0.2, 0.25) is 5.02 Å². The Bertz CT molecular complexity index is 720. The van der Waals surface area contributed by atoms with Gasteiger partial charge in [0.05, 0.1) is 27.2 Å². The summed E-state index contributed by atoms with van der Waals surface area (Å²) < 4.78 is 10.6. The first-order valence-electron chi connectivity index (χ1n) is 7.91. The molecule has 6 heteroatoms. The fourth-order valence-corrected chi connectivity index (χ4v) is 2.75. The molecule has 0 aliphatic rings. The highest BCUT2D eigenvalue weighted by Gasteiger charge is 2.17. The van der Waals surface area contributed by atoms with Gasteiger partial charge in [-0.2, -0.15) is 0 Å². The van der Waals surface area contributed by atoms with Gasteiger partial charge in [-0.1, -0.05) is 23.7 Å². The molecule has 0 unspecified atom stereocenters. The maximum atomic E-state index is 12.6. The van der Waals surface area contributed by atoms with Crippen molar-refractivity contribution in [3.63, 3.8) is 0 Å². The molecule has 0 saturated heterocycles. The molecule has 0 fully saturated rings. The number of nitrogens with zero attached hydrogens (tertiary/aromatic N) is 1. The highest BCUT2D eigenvalue weighted by atomic mass is 35.5. The van der Waals surface area contributed by atoms with E-state index in [1.165, 1.54) is 0 Å². The van der Waals surface area contributed by atoms with Gasteiger partial charge < -0.3 is 19.5 Å². The van der Waals surface area contributed by atoms with Crippen LogP contribution >= 0.6 is 11.6 Å². The van der Waals surface area contributed by atoms with Gasteiger partial charge in [0.2, 0.25) is 5.91 Å². The summed E-state index contributed by atoms with van der Waals surface area (Å²) in [5.74, 6) is 1.23. The summed E-state index contributed by atoms with van der Waals surface area (Å²) in [7, 11) is 3.16. The summed E-state index contributed by atoms with van der Waals surface area (Å²) in [6, 6.07) is 12.6. The molecule has 0 aliphatic heterocycles. The Morgan fingerprint density at radius 2 is 1.96 bits per heavy atom. The highest BCUT2D eigenvalue weighted by Crippen LogP contribution is 2.26. The second-order valence-corrected chi connectivity index (χ2v) is 5.96. The van der Waals surface area contributed by atoms with Crippen LogP contribution in [-0.2, 0) is 17.8 Å². The van der Waals surface area contributed by atoms with Crippen molar-refractivity contribution in [2.24, 2.45) is 0 Å². The Morgan fingerprint density at radius 3 is 2.60 bits per heavy atom. The Kier molecular flexibility index (Phi) is 7.10. The Labute approximate surface area is 152 Å². The first kappa shape index (κ1) is 19.1. The maximum Gasteiger partial charge on any atom is 0.227 e. The zero-order valence-electron chi connectivity index (χ0n) is 14.4. The van der Waals surface area contributed by atoms with E-state index in [4.69, 9.17) is 21.1 Å². The summed E-state index contributed by atoms with van der Waals surface area (Å²) in [4.78, 5) is 14.2. The number of aliphatic hydroxyl groups is 1. The van der Waals surface area contributed by atoms with Gasteiger partial charge in [-0.15, -0.1) is 0 Å². The second kappa shape index (κ2) is 9.30. The lowest BCUT2D eigenvalue weighted by molar-refractivity contribution is -0.131. The van der Waals surface area contributed by atoms with E-state index in [2.05, 4.69) is 0 Å². The van der Waals surface area contributed by atoms with Crippen LogP contribution in [-0.4, -0.2) is 43.3 Å². The van der Waals surface area contributed by atoms with Crippen molar-refractivity contribution in [2.75, 3.05) is 27.4 Å². The van der Waals surface area contributed by atoms with Gasteiger partial charge in [-0.25, -0.2) is 0 Å². The van der Waals surface area contributed by atoms with Crippen molar-refractivity contribution in [3.05, 3.63) is 58.6 Å². The van der Waals surface area contributed by atoms with Gasteiger partial charge >= 0.3 is 0 Å². The van der Waals surface area contributed by atoms with E-state index in [9.17, 15) is 9.90 Å². The number of carbonyl (C=O) groups excluding carboxylic acids is 1. The molecule has 134 valence electrons. The summed E-state index contributed by atoms with van der Waals surface area (Å²) in [5.41, 5.74) is 1.68. The monoisotopic (exact) mass is 363 g/mol. The minimum absolute atomic E-state index is 0.0887. The Hall–Kier alpha value is -2.24. The number of ether oxygens (including phenoxy) is 2. The predicted octanol–water partition coefficient (Wildman–Crippen LogP) is 2.92. The van der Waals surface area contributed by atoms with E-state index in [-0.39, 0.29) is 25.5 Å². The molecular formula is C19H22ClNO4. The van der Waals surface area contributed by atoms with Gasteiger partial charge in [-0.3, -0.25) is 4.79 Å². The van der Waals surface area contributed by atoms with Crippen LogP contribution in [0.25, 0.3) is 0 Å². The minimum Gasteiger partial charge on any atom is -0.497 e. The third kappa shape index (κ3) is 5.37. The molecule has 0 atom stereocenters. The van der Waals surface area contributed by atoms with E-state index in [1.54, 1.807) is 37.3 Å². The average molecular weight is 364 g/mol. The van der Waals surface area contributed by atoms with Crippen LogP contribution in [0.15, 0.2) is 42.5 Å². The van der Waals surface area contributed by atoms with Gasteiger partial charge in [0.1, 0.15) is 11.5 Å². The number of aliphatic hydroxyl groups excluding tert-OH is 1. The number of rotatable bonds is 8. The second-order valence-electron chi connectivity index (χ2n) is 5.52. The standard InChI is InChI=1S/C19H22ClNO4/c1-24-17-7-6-15(18(12-17)25-2)13-21(8-9-22)19(23)11-14-4-3-5-16(20)10-14/h3-7,10,12,22H,8-9,11,13H2,1-2H3. The average Bonchev–Trinajstić information content (AvgIpc) is 2.61. The van der Waals surface area contributed by atoms with Gasteiger partial charge in [0.15, 0.2) is 0 Å². The molecule has 0 saturated carbocycles. The number of benzene rings is 2. The first-order chi connectivity index (χ1) is 12.1. The molecule has 2 aromatic rings. The number of hydrogen-bond acceptors (Lipinski definition) is 4. The van der Waals surface area contributed by atoms with Gasteiger partial charge in [0, 0.05) is 29.7 Å². The van der Waals surface area contributed by atoms with Crippen LogP contribution in [0.3, 0.4) is 0 Å². The van der Waals surface area contributed by atoms with Crippen molar-refractivity contribution in [1.82, 2.24) is 4.90 Å². The maximum absolute atomic E-state index is 12.6. The van der Waals surface area contributed by atoms with E-state index >= 15 is 0 Å². The van der Waals surface area contributed by atoms with Crippen molar-refractivity contribution in [1.29, 1.82) is 0 Å². The van der Waals surface area contributed by atoms with E-state index in [1.807, 2.05) is 24.3 Å². The molecular weight excluding hydrogens is 342 g/mol. The molecule has 1 N–H and O–H groups in total. The number of carbonyl (C=O) groups is 1. The number of hydrogen-bond donors (Lipinski definition) is 1. The minimum atomic E-state index is -0.111. The predicted molar refractivity (Wildman–Crippen MR) is 97.2 cm³/mol. The van der Waals surface area contributed by atoms with Crippen LogP contribution in [0, 0.1) is 0 Å². The number of methoxy groups -OCH3 is 2. The van der Waals surface area contributed by atoms with Crippen molar-refractivity contribution < 1.29 is 19.4 Å². The fraction of sp³-hybridized carbons (Fsp3) is 0.316. The van der Waals surface area contributed by atoms with Crippen LogP contribution in [0.5, 0.6) is 11.5 Å².